The van der Waals surface area contributed by atoms with Gasteiger partial charge < -0.3 is 9.92 Å². The van der Waals surface area contributed by atoms with Gasteiger partial charge in [-0.25, -0.2) is 0 Å². The highest BCUT2D eigenvalue weighted by atomic mass is 32.3. The van der Waals surface area contributed by atoms with Crippen molar-refractivity contribution in [3.05, 3.63) is 11.8 Å². The van der Waals surface area contributed by atoms with E-state index in [1.165, 1.54) is 0 Å². The van der Waals surface area contributed by atoms with Crippen LogP contribution in [0.25, 0.3) is 0 Å². The Morgan fingerprint density at radius 3 is 2.07 bits per heavy atom. The van der Waals surface area contributed by atoms with E-state index in [2.05, 4.69) is 4.18 Å². The Hall–Kier alpha value is -1.08. The van der Waals surface area contributed by atoms with E-state index in [1.54, 1.807) is 20.8 Å². The van der Waals surface area contributed by atoms with Crippen LogP contribution in [-0.2, 0) is 19.4 Å². The summed E-state index contributed by atoms with van der Waals surface area (Å²) < 4.78 is 32.7. The lowest BCUT2D eigenvalue weighted by Gasteiger charge is -2.19. The highest BCUT2D eigenvalue weighted by Crippen LogP contribution is 2.24. The quantitative estimate of drug-likeness (QED) is 0.404. The van der Waals surface area contributed by atoms with Crippen molar-refractivity contribution in [2.75, 3.05) is 0 Å². The first-order valence-electron chi connectivity index (χ1n) is 3.70. The van der Waals surface area contributed by atoms with Gasteiger partial charge in [-0.05, 0) is 5.41 Å². The Morgan fingerprint density at radius 1 is 1.43 bits per heavy atom. The molecule has 0 heterocycles. The van der Waals surface area contributed by atoms with Gasteiger partial charge in [-0.15, -0.1) is 0 Å². The van der Waals surface area contributed by atoms with Crippen molar-refractivity contribution in [1.82, 2.24) is 0 Å². The number of primary amides is 1. The standard InChI is InChI=1S/C7H13NO5S/c1-7(2,3)5(6(8)9)4-13-14(10,11)12/h4H,1-3H3,(H2,8,9)(H,10,11,12). The summed E-state index contributed by atoms with van der Waals surface area (Å²) in [5.41, 5.74) is 4.30. The highest BCUT2D eigenvalue weighted by molar-refractivity contribution is 7.81. The first kappa shape index (κ1) is 12.9. The molecule has 0 saturated heterocycles. The van der Waals surface area contributed by atoms with E-state index in [1.807, 2.05) is 0 Å². The van der Waals surface area contributed by atoms with Gasteiger partial charge in [-0.2, -0.15) is 8.42 Å². The van der Waals surface area contributed by atoms with Crippen LogP contribution in [-0.4, -0.2) is 18.9 Å². The van der Waals surface area contributed by atoms with Crippen LogP contribution in [0, 0.1) is 5.41 Å². The molecule has 7 heteroatoms. The molecule has 0 aromatic rings. The molecule has 0 saturated carbocycles. The molecule has 0 aromatic carbocycles. The predicted molar refractivity (Wildman–Crippen MR) is 49.4 cm³/mol. The maximum Gasteiger partial charge on any atom is 0.445 e. The summed E-state index contributed by atoms with van der Waals surface area (Å²) in [5.74, 6) is -0.804. The number of nitrogens with two attached hydrogens (primary N) is 1. The number of carbonyl (C=O) groups is 1. The number of amides is 1. The van der Waals surface area contributed by atoms with Crippen molar-refractivity contribution in [1.29, 1.82) is 0 Å². The van der Waals surface area contributed by atoms with Crippen LogP contribution < -0.4 is 5.73 Å². The molecule has 3 N–H and O–H groups in total. The van der Waals surface area contributed by atoms with Crippen LogP contribution in [0.3, 0.4) is 0 Å². The smallest absolute Gasteiger partial charge is 0.369 e. The van der Waals surface area contributed by atoms with E-state index < -0.39 is 21.7 Å². The summed E-state index contributed by atoms with van der Waals surface area (Å²) in [6, 6.07) is 0. The fourth-order valence-electron chi connectivity index (χ4n) is 0.713. The van der Waals surface area contributed by atoms with Crippen molar-refractivity contribution in [2.45, 2.75) is 20.8 Å². The van der Waals surface area contributed by atoms with Gasteiger partial charge in [-0.1, -0.05) is 20.8 Å². The van der Waals surface area contributed by atoms with E-state index in [0.717, 1.165) is 0 Å². The van der Waals surface area contributed by atoms with Crippen LogP contribution in [0.4, 0.5) is 0 Å². The normalized spacial score (nSPS) is 13.9. The Labute approximate surface area is 82.7 Å². The average Bonchev–Trinajstić information content (AvgIpc) is 1.79. The van der Waals surface area contributed by atoms with Crippen LogP contribution in [0.1, 0.15) is 20.8 Å². The van der Waals surface area contributed by atoms with Gasteiger partial charge in [0.1, 0.15) is 6.26 Å². The van der Waals surface area contributed by atoms with E-state index in [-0.39, 0.29) is 5.57 Å². The van der Waals surface area contributed by atoms with E-state index in [9.17, 15) is 13.2 Å². The van der Waals surface area contributed by atoms with Gasteiger partial charge in [0, 0.05) is 0 Å². The molecule has 0 aliphatic heterocycles. The second-order valence-electron chi connectivity index (χ2n) is 3.67. The number of rotatable bonds is 3. The lowest BCUT2D eigenvalue weighted by atomic mass is 9.87. The van der Waals surface area contributed by atoms with Crippen molar-refractivity contribution in [2.24, 2.45) is 11.1 Å². The summed E-state index contributed by atoms with van der Waals surface area (Å²) in [6.07, 6.45) is 0.637. The largest absolute Gasteiger partial charge is 0.445 e. The van der Waals surface area contributed by atoms with E-state index >= 15 is 0 Å². The molecule has 0 aliphatic rings. The molecular formula is C7H13NO5S. The number of hydrogen-bond acceptors (Lipinski definition) is 4. The fourth-order valence-corrected chi connectivity index (χ4v) is 0.931. The van der Waals surface area contributed by atoms with E-state index in [0.29, 0.717) is 6.26 Å². The molecule has 0 fully saturated rings. The minimum Gasteiger partial charge on any atom is -0.369 e. The average molecular weight is 223 g/mol. The molecule has 0 radical (unpaired) electrons. The van der Waals surface area contributed by atoms with Crippen LogP contribution in [0.2, 0.25) is 0 Å². The lowest BCUT2D eigenvalue weighted by molar-refractivity contribution is -0.115. The molecule has 0 rings (SSSR count). The minimum atomic E-state index is -4.60. The van der Waals surface area contributed by atoms with Crippen LogP contribution in [0.15, 0.2) is 11.8 Å². The highest BCUT2D eigenvalue weighted by Gasteiger charge is 2.23. The lowest BCUT2D eigenvalue weighted by Crippen LogP contribution is -2.25. The predicted octanol–water partition coefficient (Wildman–Crippen LogP) is 0.221. The van der Waals surface area contributed by atoms with Crippen molar-refractivity contribution < 1.29 is 21.9 Å². The SMILES string of the molecule is CC(C)(C)C(=COS(=O)(=O)O)C(N)=O. The molecule has 0 aliphatic carbocycles. The van der Waals surface area contributed by atoms with Crippen molar-refractivity contribution >= 4 is 16.3 Å². The molecule has 0 atom stereocenters. The van der Waals surface area contributed by atoms with Crippen molar-refractivity contribution in [3.63, 3.8) is 0 Å². The fraction of sp³-hybridized carbons (Fsp3) is 0.571. The molecule has 0 aromatic heterocycles. The minimum absolute atomic E-state index is 0.0323. The molecule has 0 spiro atoms. The molecular weight excluding hydrogens is 210 g/mol. The summed E-state index contributed by atoms with van der Waals surface area (Å²) in [6.45, 7) is 4.95. The first-order valence-corrected chi connectivity index (χ1v) is 5.06. The van der Waals surface area contributed by atoms with E-state index in [4.69, 9.17) is 10.3 Å². The summed E-state index contributed by atoms with van der Waals surface area (Å²) in [5, 5.41) is 0. The van der Waals surface area contributed by atoms with Crippen molar-refractivity contribution in [3.8, 4) is 0 Å². The third-order valence-corrected chi connectivity index (χ3v) is 1.70. The molecule has 1 amide bonds. The second-order valence-corrected chi connectivity index (χ2v) is 4.72. The number of carbonyl (C=O) groups excluding carboxylic acids is 1. The Kier molecular flexibility index (Phi) is 3.66. The molecule has 14 heavy (non-hydrogen) atoms. The first-order chi connectivity index (χ1) is 6.04. The van der Waals surface area contributed by atoms with Gasteiger partial charge in [0.25, 0.3) is 0 Å². The monoisotopic (exact) mass is 223 g/mol. The summed E-state index contributed by atoms with van der Waals surface area (Å²) in [4.78, 5) is 10.9. The van der Waals surface area contributed by atoms with Crippen LogP contribution >= 0.6 is 0 Å². The second kappa shape index (κ2) is 3.97. The van der Waals surface area contributed by atoms with Gasteiger partial charge in [0.2, 0.25) is 5.91 Å². The van der Waals surface area contributed by atoms with Gasteiger partial charge in [-0.3, -0.25) is 9.35 Å². The molecule has 6 nitrogen and oxygen atoms in total. The summed E-state index contributed by atoms with van der Waals surface area (Å²) in [7, 11) is -4.60. The summed E-state index contributed by atoms with van der Waals surface area (Å²) >= 11 is 0. The topological polar surface area (TPSA) is 107 Å². The Morgan fingerprint density at radius 2 is 1.86 bits per heavy atom. The molecule has 0 unspecified atom stereocenters. The Bertz CT molecular complexity index is 349. The zero-order valence-electron chi connectivity index (χ0n) is 8.14. The Balaban J connectivity index is 4.96. The zero-order valence-corrected chi connectivity index (χ0v) is 8.96. The maximum atomic E-state index is 10.9. The zero-order chi connectivity index (χ0) is 11.6. The number of hydrogen-bond donors (Lipinski definition) is 2. The maximum absolute atomic E-state index is 10.9. The van der Waals surface area contributed by atoms with Gasteiger partial charge >= 0.3 is 10.4 Å². The van der Waals surface area contributed by atoms with Crippen LogP contribution in [0.5, 0.6) is 0 Å². The third-order valence-electron chi connectivity index (χ3n) is 1.36. The molecule has 0 bridgehead atoms. The molecule has 82 valence electrons. The van der Waals surface area contributed by atoms with Gasteiger partial charge in [0.15, 0.2) is 0 Å². The van der Waals surface area contributed by atoms with Gasteiger partial charge in [0.05, 0.1) is 5.57 Å². The third kappa shape index (κ3) is 4.83.